The number of likely N-dealkylation sites (N-methyl/N-ethyl adjacent to an activating group) is 1. The van der Waals surface area contributed by atoms with E-state index >= 15 is 0 Å². The van der Waals surface area contributed by atoms with Gasteiger partial charge in [-0.3, -0.25) is 9.80 Å². The first-order valence-corrected chi connectivity index (χ1v) is 6.67. The Morgan fingerprint density at radius 1 is 0.625 bits per heavy atom. The van der Waals surface area contributed by atoms with Gasteiger partial charge < -0.3 is 4.90 Å². The molecule has 1 fully saturated rings. The van der Waals surface area contributed by atoms with Gasteiger partial charge in [-0.05, 0) is 34.7 Å². The average molecular weight is 227 g/mol. The zero-order valence-corrected chi connectivity index (χ0v) is 11.7. The lowest BCUT2D eigenvalue weighted by molar-refractivity contribution is 0.169. The highest BCUT2D eigenvalue weighted by Gasteiger charge is 2.17. The predicted molar refractivity (Wildman–Crippen MR) is 70.9 cm³/mol. The molecule has 0 bridgehead atoms. The molecule has 1 aliphatic rings. The Morgan fingerprint density at radius 3 is 1.25 bits per heavy atom. The lowest BCUT2D eigenvalue weighted by Crippen LogP contribution is -2.41. The normalized spacial score (nSPS) is 23.4. The fraction of sp³-hybridized carbons (Fsp3) is 1.00. The molecular formula is C13H29N3. The summed E-state index contributed by atoms with van der Waals surface area (Å²) in [6.07, 6.45) is 0. The highest BCUT2D eigenvalue weighted by molar-refractivity contribution is 4.73. The van der Waals surface area contributed by atoms with Crippen LogP contribution < -0.4 is 0 Å². The zero-order chi connectivity index (χ0) is 12.1. The molecule has 0 unspecified atom stereocenters. The van der Waals surface area contributed by atoms with Crippen molar-refractivity contribution in [2.75, 3.05) is 46.3 Å². The SMILES string of the molecule is CC(C)N1CCN(C)CCN(C(C)C)CC1. The van der Waals surface area contributed by atoms with Gasteiger partial charge in [-0.15, -0.1) is 0 Å². The summed E-state index contributed by atoms with van der Waals surface area (Å²) >= 11 is 0. The summed E-state index contributed by atoms with van der Waals surface area (Å²) < 4.78 is 0. The van der Waals surface area contributed by atoms with Gasteiger partial charge in [-0.2, -0.15) is 0 Å². The summed E-state index contributed by atoms with van der Waals surface area (Å²) in [5.41, 5.74) is 0. The van der Waals surface area contributed by atoms with Gasteiger partial charge in [-0.25, -0.2) is 0 Å². The van der Waals surface area contributed by atoms with Gasteiger partial charge in [0.15, 0.2) is 0 Å². The molecule has 3 nitrogen and oxygen atoms in total. The van der Waals surface area contributed by atoms with Crippen molar-refractivity contribution in [3.63, 3.8) is 0 Å². The molecule has 16 heavy (non-hydrogen) atoms. The number of rotatable bonds is 2. The minimum Gasteiger partial charge on any atom is -0.304 e. The van der Waals surface area contributed by atoms with Crippen LogP contribution in [-0.4, -0.2) is 73.1 Å². The smallest absolute Gasteiger partial charge is 0.0113 e. The Morgan fingerprint density at radius 2 is 0.938 bits per heavy atom. The van der Waals surface area contributed by atoms with Crippen molar-refractivity contribution in [3.05, 3.63) is 0 Å². The second kappa shape index (κ2) is 6.58. The number of nitrogens with zero attached hydrogens (tertiary/aromatic N) is 3. The van der Waals surface area contributed by atoms with E-state index in [1.807, 2.05) is 0 Å². The van der Waals surface area contributed by atoms with E-state index in [4.69, 9.17) is 0 Å². The van der Waals surface area contributed by atoms with E-state index in [1.165, 1.54) is 39.3 Å². The van der Waals surface area contributed by atoms with Crippen LogP contribution in [0.4, 0.5) is 0 Å². The summed E-state index contributed by atoms with van der Waals surface area (Å²) in [5, 5.41) is 0. The van der Waals surface area contributed by atoms with Gasteiger partial charge in [-0.1, -0.05) is 0 Å². The van der Waals surface area contributed by atoms with Crippen molar-refractivity contribution in [1.29, 1.82) is 0 Å². The maximum Gasteiger partial charge on any atom is 0.0113 e. The lowest BCUT2D eigenvalue weighted by atomic mass is 10.3. The highest BCUT2D eigenvalue weighted by atomic mass is 15.3. The lowest BCUT2D eigenvalue weighted by Gasteiger charge is -2.30. The van der Waals surface area contributed by atoms with E-state index in [2.05, 4.69) is 49.4 Å². The Hall–Kier alpha value is -0.120. The monoisotopic (exact) mass is 227 g/mol. The molecule has 0 radical (unpaired) electrons. The van der Waals surface area contributed by atoms with Gasteiger partial charge in [0.2, 0.25) is 0 Å². The van der Waals surface area contributed by atoms with Crippen LogP contribution in [0.15, 0.2) is 0 Å². The zero-order valence-electron chi connectivity index (χ0n) is 11.7. The summed E-state index contributed by atoms with van der Waals surface area (Å²) in [5.74, 6) is 0. The van der Waals surface area contributed by atoms with E-state index in [9.17, 15) is 0 Å². The van der Waals surface area contributed by atoms with Crippen LogP contribution in [0.5, 0.6) is 0 Å². The molecular weight excluding hydrogens is 198 g/mol. The van der Waals surface area contributed by atoms with E-state index in [0.29, 0.717) is 12.1 Å². The molecule has 0 aromatic carbocycles. The first kappa shape index (κ1) is 13.9. The summed E-state index contributed by atoms with van der Waals surface area (Å²) in [6, 6.07) is 1.33. The number of hydrogen-bond donors (Lipinski definition) is 0. The van der Waals surface area contributed by atoms with Crippen molar-refractivity contribution in [2.24, 2.45) is 0 Å². The fourth-order valence-electron chi connectivity index (χ4n) is 2.22. The minimum absolute atomic E-state index is 0.667. The van der Waals surface area contributed by atoms with Crippen LogP contribution in [0.1, 0.15) is 27.7 Å². The third kappa shape index (κ3) is 4.40. The van der Waals surface area contributed by atoms with Gasteiger partial charge in [0.25, 0.3) is 0 Å². The van der Waals surface area contributed by atoms with Crippen LogP contribution >= 0.6 is 0 Å². The van der Waals surface area contributed by atoms with Crippen LogP contribution in [0, 0.1) is 0 Å². The second-order valence-electron chi connectivity index (χ2n) is 5.56. The molecule has 1 heterocycles. The molecule has 0 N–H and O–H groups in total. The topological polar surface area (TPSA) is 9.72 Å². The maximum atomic E-state index is 2.59. The molecule has 0 amide bonds. The van der Waals surface area contributed by atoms with Gasteiger partial charge in [0.05, 0.1) is 0 Å². The van der Waals surface area contributed by atoms with Crippen molar-refractivity contribution < 1.29 is 0 Å². The molecule has 1 saturated heterocycles. The summed E-state index contributed by atoms with van der Waals surface area (Å²) in [4.78, 5) is 7.64. The van der Waals surface area contributed by atoms with Crippen LogP contribution in [-0.2, 0) is 0 Å². The van der Waals surface area contributed by atoms with Gasteiger partial charge in [0, 0.05) is 51.4 Å². The first-order valence-electron chi connectivity index (χ1n) is 6.67. The Labute approximate surface area is 101 Å². The Bertz CT molecular complexity index is 172. The minimum atomic E-state index is 0.667. The third-order valence-corrected chi connectivity index (χ3v) is 3.67. The molecule has 0 atom stereocenters. The highest BCUT2D eigenvalue weighted by Crippen LogP contribution is 2.05. The van der Waals surface area contributed by atoms with Crippen LogP contribution in [0.25, 0.3) is 0 Å². The van der Waals surface area contributed by atoms with Crippen molar-refractivity contribution >= 4 is 0 Å². The van der Waals surface area contributed by atoms with E-state index in [0.717, 1.165) is 0 Å². The molecule has 1 aliphatic heterocycles. The van der Waals surface area contributed by atoms with E-state index in [1.54, 1.807) is 0 Å². The van der Waals surface area contributed by atoms with Gasteiger partial charge >= 0.3 is 0 Å². The quantitative estimate of drug-likeness (QED) is 0.705. The van der Waals surface area contributed by atoms with Crippen LogP contribution in [0.2, 0.25) is 0 Å². The molecule has 0 spiro atoms. The van der Waals surface area contributed by atoms with E-state index < -0.39 is 0 Å². The fourth-order valence-corrected chi connectivity index (χ4v) is 2.22. The van der Waals surface area contributed by atoms with E-state index in [-0.39, 0.29) is 0 Å². The average Bonchev–Trinajstić information content (AvgIpc) is 2.28. The molecule has 3 heteroatoms. The molecule has 0 aromatic heterocycles. The summed E-state index contributed by atoms with van der Waals surface area (Å²) in [7, 11) is 2.24. The first-order chi connectivity index (χ1) is 7.50. The molecule has 96 valence electrons. The maximum absolute atomic E-state index is 2.59. The molecule has 0 aromatic rings. The largest absolute Gasteiger partial charge is 0.304 e. The van der Waals surface area contributed by atoms with Crippen molar-refractivity contribution in [3.8, 4) is 0 Å². The predicted octanol–water partition coefficient (Wildman–Crippen LogP) is 1.35. The molecule has 1 rings (SSSR count). The standard InChI is InChI=1S/C13H29N3/c1-12(2)15-8-6-14(5)7-9-16(11-10-15)13(3)4/h12-13H,6-11H2,1-5H3. The Kier molecular flexibility index (Phi) is 5.73. The third-order valence-electron chi connectivity index (χ3n) is 3.67. The second-order valence-corrected chi connectivity index (χ2v) is 5.56. The molecule has 0 saturated carbocycles. The number of hydrogen-bond acceptors (Lipinski definition) is 3. The van der Waals surface area contributed by atoms with Crippen molar-refractivity contribution in [1.82, 2.24) is 14.7 Å². The van der Waals surface area contributed by atoms with Crippen LogP contribution in [0.3, 0.4) is 0 Å². The van der Waals surface area contributed by atoms with Gasteiger partial charge in [0.1, 0.15) is 0 Å². The van der Waals surface area contributed by atoms with Crippen molar-refractivity contribution in [2.45, 2.75) is 39.8 Å². The Balaban J connectivity index is 2.57. The molecule has 0 aliphatic carbocycles. The summed E-state index contributed by atoms with van der Waals surface area (Å²) in [6.45, 7) is 16.5.